The molecular formula is C15H10Cl2O2. The van der Waals surface area contributed by atoms with E-state index in [0.29, 0.717) is 33.5 Å². The number of benzene rings is 2. The molecule has 2 aromatic rings. The van der Waals surface area contributed by atoms with Crippen molar-refractivity contribution in [3.8, 4) is 5.75 Å². The third-order valence-corrected chi connectivity index (χ3v) is 3.70. The van der Waals surface area contributed by atoms with Crippen molar-refractivity contribution in [3.63, 3.8) is 0 Å². The smallest absolute Gasteiger partial charge is 0.198 e. The van der Waals surface area contributed by atoms with E-state index in [1.165, 1.54) is 0 Å². The monoisotopic (exact) mass is 292 g/mol. The highest BCUT2D eigenvalue weighted by Gasteiger charge is 2.22. The minimum Gasteiger partial charge on any atom is -0.492 e. The Hall–Kier alpha value is -1.51. The number of hydrogen-bond acceptors (Lipinski definition) is 2. The third-order valence-electron chi connectivity index (χ3n) is 3.13. The highest BCUT2D eigenvalue weighted by atomic mass is 35.5. The molecule has 0 N–H and O–H groups in total. The Balaban J connectivity index is 2.10. The van der Waals surface area contributed by atoms with Crippen LogP contribution >= 0.6 is 23.2 Å². The number of carbonyl (C=O) groups is 1. The summed E-state index contributed by atoms with van der Waals surface area (Å²) in [6.45, 7) is 0.614. The van der Waals surface area contributed by atoms with Gasteiger partial charge in [0.1, 0.15) is 5.75 Å². The molecule has 2 aromatic carbocycles. The molecular weight excluding hydrogens is 283 g/mol. The Bertz CT molecular complexity index is 665. The zero-order chi connectivity index (χ0) is 13.4. The zero-order valence-corrected chi connectivity index (χ0v) is 11.5. The van der Waals surface area contributed by atoms with Gasteiger partial charge in [-0.05, 0) is 29.8 Å². The molecule has 0 aliphatic carbocycles. The van der Waals surface area contributed by atoms with Crippen LogP contribution in [0.15, 0.2) is 36.4 Å². The molecule has 1 aliphatic rings. The molecule has 4 heteroatoms. The number of ketones is 1. The first kappa shape index (κ1) is 12.5. The number of fused-ring (bicyclic) bond motifs is 1. The van der Waals surface area contributed by atoms with Crippen LogP contribution in [0.25, 0.3) is 0 Å². The summed E-state index contributed by atoms with van der Waals surface area (Å²) in [5.74, 6) is 0.509. The molecule has 0 radical (unpaired) electrons. The van der Waals surface area contributed by atoms with Gasteiger partial charge in [0.15, 0.2) is 5.78 Å². The average Bonchev–Trinajstić information content (AvgIpc) is 2.89. The van der Waals surface area contributed by atoms with E-state index in [4.69, 9.17) is 27.9 Å². The van der Waals surface area contributed by atoms with E-state index in [2.05, 4.69) is 0 Å². The predicted molar refractivity (Wildman–Crippen MR) is 75.5 cm³/mol. The zero-order valence-electron chi connectivity index (χ0n) is 9.95. The largest absolute Gasteiger partial charge is 0.492 e. The number of para-hydroxylation sites is 1. The molecule has 0 unspecified atom stereocenters. The Morgan fingerprint density at radius 2 is 1.95 bits per heavy atom. The Morgan fingerprint density at radius 3 is 2.79 bits per heavy atom. The molecule has 3 rings (SSSR count). The highest BCUT2D eigenvalue weighted by Crippen LogP contribution is 2.32. The molecule has 96 valence electrons. The van der Waals surface area contributed by atoms with E-state index in [1.54, 1.807) is 24.3 Å². The van der Waals surface area contributed by atoms with Crippen molar-refractivity contribution in [3.05, 3.63) is 63.1 Å². The third kappa shape index (κ3) is 2.22. The van der Waals surface area contributed by atoms with Gasteiger partial charge >= 0.3 is 0 Å². The van der Waals surface area contributed by atoms with E-state index in [1.807, 2.05) is 12.1 Å². The normalized spacial score (nSPS) is 12.9. The van der Waals surface area contributed by atoms with Crippen molar-refractivity contribution in [2.45, 2.75) is 6.42 Å². The van der Waals surface area contributed by atoms with Gasteiger partial charge in [0, 0.05) is 17.0 Å². The number of carbonyl (C=O) groups excluding carboxylic acids is 1. The summed E-state index contributed by atoms with van der Waals surface area (Å²) in [6, 6.07) is 10.5. The van der Waals surface area contributed by atoms with Gasteiger partial charge < -0.3 is 4.74 Å². The number of ether oxygens (including phenoxy) is 1. The fourth-order valence-corrected chi connectivity index (χ4v) is 2.59. The lowest BCUT2D eigenvalue weighted by atomic mass is 10.00. The van der Waals surface area contributed by atoms with E-state index in [9.17, 15) is 4.79 Å². The van der Waals surface area contributed by atoms with Crippen molar-refractivity contribution in [2.75, 3.05) is 6.61 Å². The second-order valence-corrected chi connectivity index (χ2v) is 5.19. The Morgan fingerprint density at radius 1 is 1.11 bits per heavy atom. The Kier molecular flexibility index (Phi) is 3.21. The van der Waals surface area contributed by atoms with E-state index < -0.39 is 0 Å². The second kappa shape index (κ2) is 4.87. The van der Waals surface area contributed by atoms with Crippen LogP contribution in [0.5, 0.6) is 5.75 Å². The van der Waals surface area contributed by atoms with Gasteiger partial charge in [0.2, 0.25) is 0 Å². The quantitative estimate of drug-likeness (QED) is 0.777. The topological polar surface area (TPSA) is 26.3 Å². The van der Waals surface area contributed by atoms with Crippen LogP contribution in [0.4, 0.5) is 0 Å². The van der Waals surface area contributed by atoms with Gasteiger partial charge in [0.25, 0.3) is 0 Å². The number of halogens is 2. The maximum atomic E-state index is 12.6. The molecule has 0 fully saturated rings. The van der Waals surface area contributed by atoms with Gasteiger partial charge in [-0.2, -0.15) is 0 Å². The summed E-state index contributed by atoms with van der Waals surface area (Å²) < 4.78 is 5.55. The first-order valence-corrected chi connectivity index (χ1v) is 6.67. The molecule has 1 aliphatic heterocycles. The molecule has 0 bridgehead atoms. The first-order chi connectivity index (χ1) is 9.16. The predicted octanol–water partition coefficient (Wildman–Crippen LogP) is 4.16. The van der Waals surface area contributed by atoms with Crippen molar-refractivity contribution < 1.29 is 9.53 Å². The van der Waals surface area contributed by atoms with Crippen molar-refractivity contribution >= 4 is 29.0 Å². The SMILES string of the molecule is O=C(c1cc(Cl)ccc1Cl)c1cccc2c1OCC2. The van der Waals surface area contributed by atoms with Crippen molar-refractivity contribution in [1.29, 1.82) is 0 Å². The lowest BCUT2D eigenvalue weighted by Crippen LogP contribution is -2.04. The summed E-state index contributed by atoms with van der Waals surface area (Å²) in [7, 11) is 0. The summed E-state index contributed by atoms with van der Waals surface area (Å²) in [5, 5.41) is 0.881. The fourth-order valence-electron chi connectivity index (χ4n) is 2.21. The average molecular weight is 293 g/mol. The molecule has 19 heavy (non-hydrogen) atoms. The lowest BCUT2D eigenvalue weighted by molar-refractivity contribution is 0.103. The van der Waals surface area contributed by atoms with Crippen LogP contribution in [0, 0.1) is 0 Å². The van der Waals surface area contributed by atoms with Gasteiger partial charge in [-0.25, -0.2) is 0 Å². The summed E-state index contributed by atoms with van der Waals surface area (Å²) >= 11 is 12.0. The van der Waals surface area contributed by atoms with Gasteiger partial charge in [-0.3, -0.25) is 4.79 Å². The standard InChI is InChI=1S/C15H10Cl2O2/c16-10-4-5-13(17)12(8-10)14(18)11-3-1-2-9-6-7-19-15(9)11/h1-5,8H,6-7H2. The summed E-state index contributed by atoms with van der Waals surface area (Å²) in [5.41, 5.74) is 2.00. The van der Waals surface area contributed by atoms with Gasteiger partial charge in [-0.1, -0.05) is 35.3 Å². The van der Waals surface area contributed by atoms with Crippen LogP contribution in [0.1, 0.15) is 21.5 Å². The Labute approximate surface area is 120 Å². The fraction of sp³-hybridized carbons (Fsp3) is 0.133. The van der Waals surface area contributed by atoms with Crippen molar-refractivity contribution in [2.24, 2.45) is 0 Å². The van der Waals surface area contributed by atoms with Crippen molar-refractivity contribution in [1.82, 2.24) is 0 Å². The lowest BCUT2D eigenvalue weighted by Gasteiger charge is -2.08. The van der Waals surface area contributed by atoms with Crippen LogP contribution in [0.3, 0.4) is 0 Å². The molecule has 0 aromatic heterocycles. The van der Waals surface area contributed by atoms with Crippen LogP contribution in [-0.2, 0) is 6.42 Å². The molecule has 2 nitrogen and oxygen atoms in total. The maximum absolute atomic E-state index is 12.6. The van der Waals surface area contributed by atoms with E-state index >= 15 is 0 Å². The number of hydrogen-bond donors (Lipinski definition) is 0. The summed E-state index contributed by atoms with van der Waals surface area (Å²) in [4.78, 5) is 12.6. The number of rotatable bonds is 2. The highest BCUT2D eigenvalue weighted by molar-refractivity contribution is 6.36. The van der Waals surface area contributed by atoms with Crippen LogP contribution in [-0.4, -0.2) is 12.4 Å². The van der Waals surface area contributed by atoms with Crippen LogP contribution < -0.4 is 4.74 Å². The molecule has 0 spiro atoms. The minimum absolute atomic E-state index is 0.161. The molecule has 0 saturated heterocycles. The molecule has 0 amide bonds. The van der Waals surface area contributed by atoms with Gasteiger partial charge in [-0.15, -0.1) is 0 Å². The molecule has 0 atom stereocenters. The molecule has 1 heterocycles. The molecule has 0 saturated carbocycles. The van der Waals surface area contributed by atoms with Crippen LogP contribution in [0.2, 0.25) is 10.0 Å². The summed E-state index contributed by atoms with van der Waals surface area (Å²) in [6.07, 6.45) is 0.833. The minimum atomic E-state index is -0.161. The van der Waals surface area contributed by atoms with Gasteiger partial charge in [0.05, 0.1) is 17.2 Å². The van der Waals surface area contributed by atoms with E-state index in [-0.39, 0.29) is 5.78 Å². The second-order valence-electron chi connectivity index (χ2n) is 4.35. The van der Waals surface area contributed by atoms with E-state index in [0.717, 1.165) is 12.0 Å². The first-order valence-electron chi connectivity index (χ1n) is 5.91. The maximum Gasteiger partial charge on any atom is 0.198 e.